The van der Waals surface area contributed by atoms with Gasteiger partial charge in [-0.1, -0.05) is 31.2 Å². The van der Waals surface area contributed by atoms with E-state index in [1.807, 2.05) is 37.3 Å². The Morgan fingerprint density at radius 1 is 1.22 bits per heavy atom. The van der Waals surface area contributed by atoms with E-state index in [4.69, 9.17) is 9.15 Å². The zero-order valence-corrected chi connectivity index (χ0v) is 19.5. The number of carboxylic acid groups (broad SMARTS) is 1. The number of nitrogens with zero attached hydrogens (tertiary/aromatic N) is 1. The Morgan fingerprint density at radius 3 is 2.62 bits per heavy atom. The molecule has 3 aromatic rings. The average molecular weight is 501 g/mol. The molecular formula is C24H25BrN2O5. The van der Waals surface area contributed by atoms with Crippen LogP contribution in [0.15, 0.2) is 57.4 Å². The maximum atomic E-state index is 11.6. The number of hydrogen-bond acceptors (Lipinski definition) is 5. The summed E-state index contributed by atoms with van der Waals surface area (Å²) in [5, 5.41) is 11.9. The molecule has 0 fully saturated rings. The summed E-state index contributed by atoms with van der Waals surface area (Å²) in [6.07, 6.45) is 0.999. The van der Waals surface area contributed by atoms with Gasteiger partial charge < -0.3 is 19.6 Å². The number of rotatable bonds is 10. The van der Waals surface area contributed by atoms with Crippen molar-refractivity contribution < 1.29 is 23.8 Å². The van der Waals surface area contributed by atoms with Crippen LogP contribution >= 0.6 is 15.9 Å². The Labute approximate surface area is 194 Å². The quantitative estimate of drug-likeness (QED) is 0.423. The summed E-state index contributed by atoms with van der Waals surface area (Å²) < 4.78 is 12.4. The fourth-order valence-corrected chi connectivity index (χ4v) is 3.68. The molecule has 2 N–H and O–H groups in total. The molecule has 0 aliphatic rings. The number of carbonyl (C=O) groups excluding carboxylic acids is 1. The first-order valence-corrected chi connectivity index (χ1v) is 11.1. The number of oxazole rings is 1. The second-order valence-corrected chi connectivity index (χ2v) is 8.12. The van der Waals surface area contributed by atoms with E-state index in [1.165, 1.54) is 0 Å². The number of amides is 1. The van der Waals surface area contributed by atoms with Crippen molar-refractivity contribution in [1.29, 1.82) is 0 Å². The third-order valence-corrected chi connectivity index (χ3v) is 5.52. The van der Waals surface area contributed by atoms with Crippen molar-refractivity contribution in [2.24, 2.45) is 0 Å². The van der Waals surface area contributed by atoms with Gasteiger partial charge in [-0.3, -0.25) is 4.79 Å². The molecule has 32 heavy (non-hydrogen) atoms. The molecule has 0 bridgehead atoms. The Bertz CT molecular complexity index is 1080. The van der Waals surface area contributed by atoms with Crippen LogP contribution in [0, 0.1) is 6.92 Å². The van der Waals surface area contributed by atoms with Gasteiger partial charge in [-0.05, 0) is 52.7 Å². The van der Waals surface area contributed by atoms with Crippen LogP contribution in [0.4, 0.5) is 0 Å². The smallest absolute Gasteiger partial charge is 0.326 e. The lowest BCUT2D eigenvalue weighted by Crippen LogP contribution is -2.42. The minimum absolute atomic E-state index is 0.181. The van der Waals surface area contributed by atoms with E-state index in [2.05, 4.69) is 26.2 Å². The second-order valence-electron chi connectivity index (χ2n) is 7.27. The monoisotopic (exact) mass is 500 g/mol. The van der Waals surface area contributed by atoms with Crippen LogP contribution in [0.2, 0.25) is 0 Å². The van der Waals surface area contributed by atoms with E-state index >= 15 is 0 Å². The van der Waals surface area contributed by atoms with Crippen molar-refractivity contribution in [3.8, 4) is 17.2 Å². The number of nitrogens with one attached hydrogen (secondary N) is 1. The zero-order chi connectivity index (χ0) is 23.1. The number of benzene rings is 2. The number of ether oxygens (including phenoxy) is 1. The molecule has 1 unspecified atom stereocenters. The van der Waals surface area contributed by atoms with Gasteiger partial charge in [0, 0.05) is 24.8 Å². The molecule has 8 heteroatoms. The maximum Gasteiger partial charge on any atom is 0.326 e. The molecule has 1 heterocycles. The molecule has 0 radical (unpaired) electrons. The minimum atomic E-state index is -1.07. The molecule has 0 aliphatic carbocycles. The predicted octanol–water partition coefficient (Wildman–Crippen LogP) is 4.56. The number of carbonyl (C=O) groups is 2. The van der Waals surface area contributed by atoms with Crippen LogP contribution in [0.3, 0.4) is 0 Å². The predicted molar refractivity (Wildman–Crippen MR) is 124 cm³/mol. The van der Waals surface area contributed by atoms with Gasteiger partial charge in [-0.25, -0.2) is 9.78 Å². The molecule has 3 rings (SSSR count). The van der Waals surface area contributed by atoms with Crippen LogP contribution in [-0.4, -0.2) is 34.6 Å². The molecule has 1 atom stereocenters. The fraction of sp³-hybridized carbons (Fsp3) is 0.292. The fourth-order valence-electron chi connectivity index (χ4n) is 3.14. The minimum Gasteiger partial charge on any atom is -0.492 e. The van der Waals surface area contributed by atoms with Gasteiger partial charge in [0.1, 0.15) is 17.6 Å². The Morgan fingerprint density at radius 2 is 1.97 bits per heavy atom. The normalized spacial score (nSPS) is 11.7. The molecule has 1 aromatic heterocycles. The van der Waals surface area contributed by atoms with E-state index in [-0.39, 0.29) is 18.7 Å². The first kappa shape index (κ1) is 23.5. The number of hydrogen-bond donors (Lipinski definition) is 2. The van der Waals surface area contributed by atoms with Crippen LogP contribution < -0.4 is 10.1 Å². The number of halogens is 1. The van der Waals surface area contributed by atoms with Gasteiger partial charge in [0.05, 0.1) is 16.8 Å². The highest BCUT2D eigenvalue weighted by atomic mass is 79.9. The maximum absolute atomic E-state index is 11.6. The topological polar surface area (TPSA) is 102 Å². The second kappa shape index (κ2) is 10.9. The van der Waals surface area contributed by atoms with Crippen LogP contribution in [0.1, 0.15) is 30.4 Å². The van der Waals surface area contributed by atoms with Gasteiger partial charge >= 0.3 is 5.97 Å². The lowest BCUT2D eigenvalue weighted by molar-refractivity contribution is -0.141. The average Bonchev–Trinajstić information content (AvgIpc) is 3.15. The molecule has 168 valence electrons. The first-order valence-electron chi connectivity index (χ1n) is 10.3. The molecular weight excluding hydrogens is 476 g/mol. The largest absolute Gasteiger partial charge is 0.492 e. The van der Waals surface area contributed by atoms with Crippen LogP contribution in [0.5, 0.6) is 5.75 Å². The number of aryl methyl sites for hydroxylation is 1. The summed E-state index contributed by atoms with van der Waals surface area (Å²) in [6.45, 7) is 3.97. The van der Waals surface area contributed by atoms with Crippen molar-refractivity contribution in [2.45, 2.75) is 39.2 Å². The summed E-state index contributed by atoms with van der Waals surface area (Å²) in [4.78, 5) is 27.6. The van der Waals surface area contributed by atoms with Gasteiger partial charge in [0.15, 0.2) is 0 Å². The van der Waals surface area contributed by atoms with Crippen molar-refractivity contribution in [3.63, 3.8) is 0 Å². The Balaban J connectivity index is 1.59. The molecule has 0 spiro atoms. The summed E-state index contributed by atoms with van der Waals surface area (Å²) in [5.74, 6) is 0.626. The van der Waals surface area contributed by atoms with E-state index in [0.717, 1.165) is 22.6 Å². The molecule has 2 aromatic carbocycles. The van der Waals surface area contributed by atoms with Crippen molar-refractivity contribution in [3.05, 3.63) is 70.0 Å². The van der Waals surface area contributed by atoms with Gasteiger partial charge in [-0.15, -0.1) is 0 Å². The van der Waals surface area contributed by atoms with E-state index in [9.17, 15) is 14.7 Å². The van der Waals surface area contributed by atoms with Crippen molar-refractivity contribution >= 4 is 27.8 Å². The summed E-state index contributed by atoms with van der Waals surface area (Å²) in [7, 11) is 0. The molecule has 7 nitrogen and oxygen atoms in total. The summed E-state index contributed by atoms with van der Waals surface area (Å²) in [6, 6.07) is 14.1. The number of aromatic nitrogens is 1. The molecule has 0 saturated carbocycles. The molecule has 0 aliphatic heterocycles. The lowest BCUT2D eigenvalue weighted by Gasteiger charge is -2.15. The highest BCUT2D eigenvalue weighted by Gasteiger charge is 2.20. The van der Waals surface area contributed by atoms with E-state index in [0.29, 0.717) is 29.1 Å². The molecule has 0 saturated heterocycles. The zero-order valence-electron chi connectivity index (χ0n) is 17.9. The summed E-state index contributed by atoms with van der Waals surface area (Å²) in [5.41, 5.74) is 2.54. The van der Waals surface area contributed by atoms with E-state index in [1.54, 1.807) is 25.1 Å². The highest BCUT2D eigenvalue weighted by molar-refractivity contribution is 9.10. The van der Waals surface area contributed by atoms with Gasteiger partial charge in [0.25, 0.3) is 0 Å². The number of carboxylic acids is 1. The Hall–Kier alpha value is -3.13. The van der Waals surface area contributed by atoms with Gasteiger partial charge in [-0.2, -0.15) is 0 Å². The molecule has 1 amide bonds. The van der Waals surface area contributed by atoms with E-state index < -0.39 is 12.0 Å². The third-order valence-electron chi connectivity index (χ3n) is 4.90. The van der Waals surface area contributed by atoms with Crippen LogP contribution in [-0.2, 0) is 22.4 Å². The summed E-state index contributed by atoms with van der Waals surface area (Å²) >= 11 is 3.48. The SMILES string of the molecule is CCC(=O)NC(Cc1ccc(OCCc2nc(-c3ccccc3)oc2C)c(Br)c1)C(=O)O. The van der Waals surface area contributed by atoms with Crippen molar-refractivity contribution in [2.75, 3.05) is 6.61 Å². The van der Waals surface area contributed by atoms with Crippen molar-refractivity contribution in [1.82, 2.24) is 10.3 Å². The lowest BCUT2D eigenvalue weighted by atomic mass is 10.1. The number of aliphatic carboxylic acids is 1. The Kier molecular flexibility index (Phi) is 8.05. The first-order chi connectivity index (χ1) is 15.4. The van der Waals surface area contributed by atoms with Crippen LogP contribution in [0.25, 0.3) is 11.5 Å². The third kappa shape index (κ3) is 6.20. The highest BCUT2D eigenvalue weighted by Crippen LogP contribution is 2.27. The van der Waals surface area contributed by atoms with Gasteiger partial charge in [0.2, 0.25) is 11.8 Å². The standard InChI is InChI=1S/C24H25BrN2O5/c1-3-22(28)26-20(24(29)30)14-16-9-10-21(18(25)13-16)31-12-11-19-15(2)32-23(27-19)17-7-5-4-6-8-17/h4-10,13,20H,3,11-12,14H2,1-2H3,(H,26,28)(H,29,30).